The van der Waals surface area contributed by atoms with E-state index in [1.165, 1.54) is 19.3 Å². The number of nitrogens with zero attached hydrogens (tertiary/aromatic N) is 1. The molecule has 0 aromatic carbocycles. The Morgan fingerprint density at radius 2 is 1.16 bits per heavy atom. The fraction of sp³-hybridized carbons (Fsp3) is 0.560. The van der Waals surface area contributed by atoms with E-state index in [0.29, 0.717) is 43.1 Å². The van der Waals surface area contributed by atoms with Gasteiger partial charge in [-0.25, -0.2) is 0 Å². The lowest BCUT2D eigenvalue weighted by Crippen LogP contribution is -2.37. The first kappa shape index (κ1) is 57.4. The molecule has 0 amide bonds. The largest absolute Gasteiger partial charge is 0.756 e. The number of aliphatic hydroxyl groups excluding tert-OH is 1. The van der Waals surface area contributed by atoms with Crippen molar-refractivity contribution in [3.8, 4) is 0 Å². The third-order valence-corrected chi connectivity index (χ3v) is 9.52. The van der Waals surface area contributed by atoms with Crippen LogP contribution in [0.15, 0.2) is 122 Å². The summed E-state index contributed by atoms with van der Waals surface area (Å²) in [6.07, 6.45) is 52.7. The minimum Gasteiger partial charge on any atom is -0.756 e. The number of quaternary nitrogens is 1. The number of rotatable bonds is 38. The van der Waals surface area contributed by atoms with Gasteiger partial charge in [0.2, 0.25) is 0 Å². The molecule has 61 heavy (non-hydrogen) atoms. The van der Waals surface area contributed by atoms with Crippen LogP contribution in [0.2, 0.25) is 0 Å². The number of carbonyl (C=O) groups is 2. The zero-order valence-corrected chi connectivity index (χ0v) is 39.1. The molecule has 0 radical (unpaired) electrons. The number of unbranched alkanes of at least 4 members (excludes halogenated alkanes) is 4. The highest BCUT2D eigenvalue weighted by Gasteiger charge is 2.21. The predicted molar refractivity (Wildman–Crippen MR) is 250 cm³/mol. The Morgan fingerprint density at radius 1 is 0.623 bits per heavy atom. The van der Waals surface area contributed by atoms with Gasteiger partial charge in [0.25, 0.3) is 7.82 Å². The van der Waals surface area contributed by atoms with E-state index in [1.807, 2.05) is 69.8 Å². The van der Waals surface area contributed by atoms with Gasteiger partial charge in [-0.05, 0) is 83.5 Å². The Balaban J connectivity index is 4.65. The number of carbonyl (C=O) groups excluding carboxylic acids is 2. The van der Waals surface area contributed by atoms with Crippen molar-refractivity contribution < 1.29 is 47.2 Å². The number of aliphatic hydroxyl groups is 1. The van der Waals surface area contributed by atoms with E-state index in [9.17, 15) is 24.2 Å². The second-order valence-corrected chi connectivity index (χ2v) is 16.9. The predicted octanol–water partition coefficient (Wildman–Crippen LogP) is 11.2. The number of allylic oxidation sites excluding steroid dienone is 18. The van der Waals surface area contributed by atoms with Crippen LogP contribution in [-0.2, 0) is 32.7 Å². The van der Waals surface area contributed by atoms with Crippen molar-refractivity contribution in [3.63, 3.8) is 0 Å². The van der Waals surface area contributed by atoms with E-state index in [4.69, 9.17) is 18.5 Å². The van der Waals surface area contributed by atoms with Gasteiger partial charge in [-0.15, -0.1) is 0 Å². The average Bonchev–Trinajstić information content (AvgIpc) is 3.21. The summed E-state index contributed by atoms with van der Waals surface area (Å²) in [4.78, 5) is 37.5. The van der Waals surface area contributed by atoms with Crippen LogP contribution in [0.5, 0.6) is 0 Å². The highest BCUT2D eigenvalue weighted by atomic mass is 31.2. The summed E-state index contributed by atoms with van der Waals surface area (Å²) in [7, 11) is 1.03. The van der Waals surface area contributed by atoms with Gasteiger partial charge in [-0.3, -0.25) is 14.2 Å². The van der Waals surface area contributed by atoms with Crippen LogP contribution in [-0.4, -0.2) is 81.2 Å². The van der Waals surface area contributed by atoms with Gasteiger partial charge < -0.3 is 33.0 Å². The number of esters is 2. The van der Waals surface area contributed by atoms with Crippen LogP contribution in [0, 0.1) is 0 Å². The summed E-state index contributed by atoms with van der Waals surface area (Å²) < 4.78 is 33.7. The van der Waals surface area contributed by atoms with E-state index in [2.05, 4.69) is 80.7 Å². The molecule has 0 aliphatic rings. The molecule has 0 aliphatic carbocycles. The van der Waals surface area contributed by atoms with Crippen molar-refractivity contribution in [2.24, 2.45) is 0 Å². The number of hydrogen-bond donors (Lipinski definition) is 1. The average molecular weight is 870 g/mol. The Labute approximate surface area is 370 Å². The lowest BCUT2D eigenvalue weighted by molar-refractivity contribution is -0.870. The molecule has 11 heteroatoms. The molecule has 1 N–H and O–H groups in total. The van der Waals surface area contributed by atoms with Gasteiger partial charge in [0.15, 0.2) is 6.10 Å². The molecule has 0 fully saturated rings. The van der Waals surface area contributed by atoms with Gasteiger partial charge in [-0.2, -0.15) is 0 Å². The molecule has 0 aromatic rings. The number of phosphoric acid groups is 1. The maximum atomic E-state index is 12.7. The van der Waals surface area contributed by atoms with Crippen LogP contribution in [0.3, 0.4) is 0 Å². The minimum absolute atomic E-state index is 0.0714. The van der Waals surface area contributed by atoms with Gasteiger partial charge in [-0.1, -0.05) is 148 Å². The lowest BCUT2D eigenvalue weighted by atomic mass is 10.2. The third kappa shape index (κ3) is 44.2. The van der Waals surface area contributed by atoms with Crippen molar-refractivity contribution >= 4 is 19.8 Å². The second kappa shape index (κ2) is 40.4. The van der Waals surface area contributed by atoms with Crippen LogP contribution >= 0.6 is 7.82 Å². The maximum Gasteiger partial charge on any atom is 0.306 e. The summed E-state index contributed by atoms with van der Waals surface area (Å²) in [6, 6.07) is 0. The minimum atomic E-state index is -4.68. The Bertz CT molecular complexity index is 1460. The molecule has 0 rings (SSSR count). The SMILES string of the molecule is CC/C=C\C/C=C\C/C=C\C/C=C\C/C=C\C/C=C\CCC(=O)OC[C@H](COP(=O)([O-])OCC[N+](C)(C)C)OC(=O)CCC/C=C/C/C=C\C[C@@H](O)/C=C\C=C/CCCCC. The van der Waals surface area contributed by atoms with Gasteiger partial charge in [0.05, 0.1) is 33.9 Å². The highest BCUT2D eigenvalue weighted by molar-refractivity contribution is 7.45. The number of ether oxygens (including phenoxy) is 2. The first-order valence-corrected chi connectivity index (χ1v) is 23.8. The van der Waals surface area contributed by atoms with Crippen molar-refractivity contribution in [3.05, 3.63) is 122 Å². The van der Waals surface area contributed by atoms with E-state index < -0.39 is 38.6 Å². The maximum absolute atomic E-state index is 12.7. The first-order chi connectivity index (χ1) is 29.4. The molecule has 344 valence electrons. The molecule has 0 saturated carbocycles. The van der Waals surface area contributed by atoms with Gasteiger partial charge in [0, 0.05) is 12.8 Å². The van der Waals surface area contributed by atoms with Crippen molar-refractivity contribution in [1.29, 1.82) is 0 Å². The van der Waals surface area contributed by atoms with Crippen LogP contribution in [0.4, 0.5) is 0 Å². The summed E-state index contributed by atoms with van der Waals surface area (Å²) in [5.74, 6) is -1.05. The molecule has 0 aliphatic heterocycles. The fourth-order valence-corrected chi connectivity index (χ4v) is 5.77. The Kier molecular flexibility index (Phi) is 38.0. The van der Waals surface area contributed by atoms with E-state index in [0.717, 1.165) is 44.9 Å². The molecule has 0 heterocycles. The van der Waals surface area contributed by atoms with Gasteiger partial charge in [0.1, 0.15) is 19.8 Å². The van der Waals surface area contributed by atoms with E-state index in [-0.39, 0.29) is 26.1 Å². The number of phosphoric ester groups is 1. The van der Waals surface area contributed by atoms with E-state index >= 15 is 0 Å². The fourth-order valence-electron chi connectivity index (χ4n) is 5.04. The molecule has 0 bridgehead atoms. The molecule has 3 atom stereocenters. The van der Waals surface area contributed by atoms with Crippen molar-refractivity contribution in [2.45, 2.75) is 135 Å². The summed E-state index contributed by atoms with van der Waals surface area (Å²) in [5, 5.41) is 10.1. The van der Waals surface area contributed by atoms with Crippen LogP contribution < -0.4 is 4.89 Å². The smallest absolute Gasteiger partial charge is 0.306 e. The lowest BCUT2D eigenvalue weighted by Gasteiger charge is -2.28. The molecule has 0 saturated heterocycles. The Morgan fingerprint density at radius 3 is 1.74 bits per heavy atom. The molecule has 0 aromatic heterocycles. The van der Waals surface area contributed by atoms with Crippen LogP contribution in [0.1, 0.15) is 123 Å². The normalized spacial score (nSPS) is 15.2. The molecule has 0 spiro atoms. The quantitative estimate of drug-likeness (QED) is 0.0161. The second-order valence-electron chi connectivity index (χ2n) is 15.5. The van der Waals surface area contributed by atoms with Crippen molar-refractivity contribution in [2.75, 3.05) is 47.5 Å². The number of hydrogen-bond acceptors (Lipinski definition) is 9. The summed E-state index contributed by atoms with van der Waals surface area (Å²) >= 11 is 0. The zero-order chi connectivity index (χ0) is 45.1. The standard InChI is InChI=1S/C50H80NO9P/c1-6-8-10-12-14-15-16-17-18-19-20-21-22-23-24-25-29-33-37-41-49(53)57-45-48(46-59-61(55,56)58-44-43-51(3,4)5)60-50(54)42-38-34-30-26-28-32-36-40-47(52)39-35-31-27-13-11-9-7-2/h8,10,14-15,17-18,20-21,23-24,26-27,29-33,35-36,39,47-48,52H,6-7,9,11-13,16,19,22,25,28,34,37-38,40-46H2,1-5H3/b10-8-,15-14-,18-17-,21-20-,24-23-,30-26+,31-27-,33-29-,36-32-,39-35-/t47-,48+/m0/s1. The van der Waals surface area contributed by atoms with Crippen LogP contribution in [0.25, 0.3) is 0 Å². The van der Waals surface area contributed by atoms with Gasteiger partial charge >= 0.3 is 11.9 Å². The molecular formula is C50H80NO9P. The number of likely N-dealkylation sites (N-methyl/N-ethyl adjacent to an activating group) is 1. The van der Waals surface area contributed by atoms with Crippen molar-refractivity contribution in [1.82, 2.24) is 0 Å². The third-order valence-electron chi connectivity index (χ3n) is 8.56. The highest BCUT2D eigenvalue weighted by Crippen LogP contribution is 2.38. The monoisotopic (exact) mass is 870 g/mol. The summed E-state index contributed by atoms with van der Waals surface area (Å²) in [5.41, 5.74) is 0. The summed E-state index contributed by atoms with van der Waals surface area (Å²) in [6.45, 7) is 3.80. The topological polar surface area (TPSA) is 131 Å². The molecular weight excluding hydrogens is 790 g/mol. The zero-order valence-electron chi connectivity index (χ0n) is 38.2. The Hall–Kier alpha value is -3.63. The van der Waals surface area contributed by atoms with E-state index in [1.54, 1.807) is 6.08 Å². The molecule has 1 unspecified atom stereocenters. The first-order valence-electron chi connectivity index (χ1n) is 22.4. The molecule has 10 nitrogen and oxygen atoms in total.